The summed E-state index contributed by atoms with van der Waals surface area (Å²) < 4.78 is 22.1. The van der Waals surface area contributed by atoms with E-state index in [4.69, 9.17) is 18.9 Å². The Morgan fingerprint density at radius 3 is 1.47 bits per heavy atom. The number of hydrogen-bond donors (Lipinski definition) is 4. The first kappa shape index (κ1) is 54.7. The van der Waals surface area contributed by atoms with Gasteiger partial charge in [0.1, 0.15) is 31.0 Å². The molecule has 342 valence electrons. The number of carbonyl (C=O) groups excluding carboxylic acids is 2. The van der Waals surface area contributed by atoms with E-state index in [1.54, 1.807) is 0 Å². The van der Waals surface area contributed by atoms with Crippen LogP contribution in [-0.4, -0.2) is 89.0 Å². The van der Waals surface area contributed by atoms with Crippen LogP contribution in [0.4, 0.5) is 0 Å². The Hall–Kier alpha value is -2.34. The second kappa shape index (κ2) is 39.8. The van der Waals surface area contributed by atoms with Gasteiger partial charge < -0.3 is 39.4 Å². The van der Waals surface area contributed by atoms with Crippen LogP contribution in [0.2, 0.25) is 0 Å². The van der Waals surface area contributed by atoms with Crippen LogP contribution in [0.1, 0.15) is 194 Å². The average molecular weight is 835 g/mol. The van der Waals surface area contributed by atoms with Gasteiger partial charge in [0.15, 0.2) is 12.4 Å². The predicted molar refractivity (Wildman–Crippen MR) is 238 cm³/mol. The predicted octanol–water partition coefficient (Wildman–Crippen LogP) is 10.4. The van der Waals surface area contributed by atoms with Crippen molar-refractivity contribution in [2.24, 2.45) is 0 Å². The zero-order valence-electron chi connectivity index (χ0n) is 37.2. The number of allylic oxidation sites excluding steroid dienone is 8. The summed E-state index contributed by atoms with van der Waals surface area (Å²) in [6, 6.07) is 0. The van der Waals surface area contributed by atoms with Crippen LogP contribution in [0.3, 0.4) is 0 Å². The van der Waals surface area contributed by atoms with Gasteiger partial charge in [0.2, 0.25) is 0 Å². The highest BCUT2D eigenvalue weighted by molar-refractivity contribution is 5.70. The fourth-order valence-electron chi connectivity index (χ4n) is 6.95. The Morgan fingerprint density at radius 1 is 0.525 bits per heavy atom. The van der Waals surface area contributed by atoms with Gasteiger partial charge in [-0.2, -0.15) is 0 Å². The summed E-state index contributed by atoms with van der Waals surface area (Å²) in [7, 11) is 0. The van der Waals surface area contributed by atoms with Crippen molar-refractivity contribution in [3.8, 4) is 0 Å². The van der Waals surface area contributed by atoms with Crippen LogP contribution in [-0.2, 0) is 28.5 Å². The van der Waals surface area contributed by atoms with Gasteiger partial charge in [-0.25, -0.2) is 0 Å². The monoisotopic (exact) mass is 835 g/mol. The van der Waals surface area contributed by atoms with Crippen LogP contribution in [0.25, 0.3) is 0 Å². The molecule has 1 aliphatic heterocycles. The minimum atomic E-state index is -1.60. The third kappa shape index (κ3) is 31.2. The van der Waals surface area contributed by atoms with E-state index in [-0.39, 0.29) is 26.1 Å². The Balaban J connectivity index is 2.35. The van der Waals surface area contributed by atoms with Crippen molar-refractivity contribution in [3.05, 3.63) is 48.6 Å². The van der Waals surface area contributed by atoms with Gasteiger partial charge in [0, 0.05) is 12.8 Å². The molecule has 0 spiro atoms. The number of aliphatic hydroxyl groups excluding tert-OH is 4. The highest BCUT2D eigenvalue weighted by atomic mass is 16.7. The zero-order chi connectivity index (χ0) is 43.0. The Morgan fingerprint density at radius 2 is 0.966 bits per heavy atom. The van der Waals surface area contributed by atoms with Crippen molar-refractivity contribution in [1.29, 1.82) is 0 Å². The number of rotatable bonds is 39. The van der Waals surface area contributed by atoms with Crippen LogP contribution >= 0.6 is 0 Å². The van der Waals surface area contributed by atoms with Crippen LogP contribution in [0.5, 0.6) is 0 Å². The number of unbranched alkanes of at least 4 members (excludes halogenated alkanes) is 20. The fraction of sp³-hybridized carbons (Fsp3) is 0.796. The standard InChI is InChI=1S/C49H86O10/c1-3-5-7-9-11-13-15-17-18-19-20-21-22-23-24-26-28-30-32-34-36-38-45(52)58-42(41-57-49-48(55)47(54)46(53)43(39-50)59-49)40-56-44(51)37-35-33-31-29-27-25-16-14-12-10-8-6-4-2/h18-19,21-22,24,26,30,32,42-43,46-50,53-55H,3-17,20,23,25,27-29,31,33-41H2,1-2H3/b19-18+,22-21+,26-24+,32-30+/t42-,43-,46+,47?,48?,49-/m1/s1. The SMILES string of the molecule is CCCCCCCCC/C=C/C/C=C/C/C=C/C/C=C/CCCC(=O)O[C@H](COC(=O)CCCCCCCCCCCCCCC)CO[C@@H]1O[C@H](CO)[C@H](O)C(O)C1O. The Bertz CT molecular complexity index is 1100. The molecule has 4 N–H and O–H groups in total. The summed E-state index contributed by atoms with van der Waals surface area (Å²) >= 11 is 0. The molecule has 0 amide bonds. The summed E-state index contributed by atoms with van der Waals surface area (Å²) in [6.07, 6.45) is 39.8. The highest BCUT2D eigenvalue weighted by Crippen LogP contribution is 2.22. The smallest absolute Gasteiger partial charge is 0.306 e. The second-order valence-corrected chi connectivity index (χ2v) is 16.2. The van der Waals surface area contributed by atoms with Gasteiger partial charge in [0.25, 0.3) is 0 Å². The maximum absolute atomic E-state index is 12.8. The van der Waals surface area contributed by atoms with Gasteiger partial charge >= 0.3 is 11.9 Å². The lowest BCUT2D eigenvalue weighted by Gasteiger charge is -2.39. The largest absolute Gasteiger partial charge is 0.462 e. The van der Waals surface area contributed by atoms with Crippen molar-refractivity contribution in [3.63, 3.8) is 0 Å². The molecular formula is C49H86O10. The molecule has 0 aliphatic carbocycles. The second-order valence-electron chi connectivity index (χ2n) is 16.2. The number of aliphatic hydroxyl groups is 4. The molecule has 6 atom stereocenters. The van der Waals surface area contributed by atoms with Gasteiger partial charge in [-0.05, 0) is 51.4 Å². The lowest BCUT2D eigenvalue weighted by Crippen LogP contribution is -2.59. The topological polar surface area (TPSA) is 152 Å². The number of carbonyl (C=O) groups is 2. The lowest BCUT2D eigenvalue weighted by molar-refractivity contribution is -0.305. The average Bonchev–Trinajstić information content (AvgIpc) is 3.23. The fourth-order valence-corrected chi connectivity index (χ4v) is 6.95. The molecule has 0 bridgehead atoms. The minimum absolute atomic E-state index is 0.155. The molecule has 10 heteroatoms. The van der Waals surface area contributed by atoms with E-state index in [1.165, 1.54) is 116 Å². The van der Waals surface area contributed by atoms with Gasteiger partial charge in [0.05, 0.1) is 13.2 Å². The molecule has 59 heavy (non-hydrogen) atoms. The van der Waals surface area contributed by atoms with E-state index in [2.05, 4.69) is 56.4 Å². The first-order valence-electron chi connectivity index (χ1n) is 23.7. The number of hydrogen-bond acceptors (Lipinski definition) is 10. The van der Waals surface area contributed by atoms with Crippen molar-refractivity contribution in [2.75, 3.05) is 19.8 Å². The molecule has 1 aliphatic rings. The number of esters is 2. The Labute approximate surface area is 358 Å². The first-order chi connectivity index (χ1) is 28.8. The van der Waals surface area contributed by atoms with Crippen molar-refractivity contribution < 1.29 is 49.0 Å². The van der Waals surface area contributed by atoms with Crippen LogP contribution in [0, 0.1) is 0 Å². The van der Waals surface area contributed by atoms with Gasteiger partial charge in [-0.3, -0.25) is 9.59 Å². The van der Waals surface area contributed by atoms with E-state index in [0.717, 1.165) is 38.5 Å². The molecule has 0 aromatic heterocycles. The molecule has 2 unspecified atom stereocenters. The van der Waals surface area contributed by atoms with E-state index in [9.17, 15) is 30.0 Å². The number of ether oxygens (including phenoxy) is 4. The third-order valence-corrected chi connectivity index (χ3v) is 10.7. The van der Waals surface area contributed by atoms with Gasteiger partial charge in [-0.15, -0.1) is 0 Å². The van der Waals surface area contributed by atoms with Crippen molar-refractivity contribution in [1.82, 2.24) is 0 Å². The van der Waals surface area contributed by atoms with E-state index < -0.39 is 55.4 Å². The summed E-state index contributed by atoms with van der Waals surface area (Å²) in [5.74, 6) is -0.869. The van der Waals surface area contributed by atoms with E-state index in [1.807, 2.05) is 6.08 Å². The minimum Gasteiger partial charge on any atom is -0.462 e. The Kier molecular flexibility index (Phi) is 36.9. The van der Waals surface area contributed by atoms with Crippen LogP contribution in [0.15, 0.2) is 48.6 Å². The lowest BCUT2D eigenvalue weighted by atomic mass is 9.99. The summed E-state index contributed by atoms with van der Waals surface area (Å²) in [5.41, 5.74) is 0. The van der Waals surface area contributed by atoms with Crippen LogP contribution < -0.4 is 0 Å². The molecule has 1 saturated heterocycles. The maximum atomic E-state index is 12.8. The third-order valence-electron chi connectivity index (χ3n) is 10.7. The van der Waals surface area contributed by atoms with E-state index >= 15 is 0 Å². The molecule has 0 radical (unpaired) electrons. The van der Waals surface area contributed by atoms with Crippen molar-refractivity contribution >= 4 is 11.9 Å². The summed E-state index contributed by atoms with van der Waals surface area (Å²) in [5, 5.41) is 40.1. The highest BCUT2D eigenvalue weighted by Gasteiger charge is 2.44. The molecule has 0 saturated carbocycles. The maximum Gasteiger partial charge on any atom is 0.306 e. The molecular weight excluding hydrogens is 749 g/mol. The molecule has 1 heterocycles. The van der Waals surface area contributed by atoms with Gasteiger partial charge in [-0.1, -0.05) is 178 Å². The molecule has 1 fully saturated rings. The van der Waals surface area contributed by atoms with Crippen molar-refractivity contribution in [2.45, 2.75) is 230 Å². The summed E-state index contributed by atoms with van der Waals surface area (Å²) in [4.78, 5) is 25.3. The van der Waals surface area contributed by atoms with E-state index in [0.29, 0.717) is 12.8 Å². The zero-order valence-corrected chi connectivity index (χ0v) is 37.2. The molecule has 0 aromatic carbocycles. The molecule has 10 nitrogen and oxygen atoms in total. The first-order valence-corrected chi connectivity index (χ1v) is 23.7. The molecule has 0 aromatic rings. The molecule has 1 rings (SSSR count). The quantitative estimate of drug-likeness (QED) is 0.0267. The normalized spacial score (nSPS) is 20.4. The summed E-state index contributed by atoms with van der Waals surface area (Å²) in [6.45, 7) is 3.37.